The third kappa shape index (κ3) is 4.76. The molecule has 3 aliphatic rings. The number of halogens is 1. The zero-order chi connectivity index (χ0) is 25.4. The number of aromatic nitrogens is 3. The monoisotopic (exact) mass is 501 g/mol. The number of aliphatic hydroxyl groups is 1. The van der Waals surface area contributed by atoms with E-state index in [9.17, 15) is 19.1 Å². The molecule has 0 spiro atoms. The number of nitrogens with zero attached hydrogens (tertiary/aromatic N) is 4. The molecule has 1 saturated heterocycles. The highest BCUT2D eigenvalue weighted by Crippen LogP contribution is 2.30. The lowest BCUT2D eigenvalue weighted by Gasteiger charge is -2.42. The van der Waals surface area contributed by atoms with Crippen LogP contribution in [0.5, 0.6) is 0 Å². The standard InChI is InChI=1S/C26H34FN4O5/c1-16-20(26(34)30-10-3-4-22(33)25(30)28-16)9-13-31(15-35-17(2)32)11-7-18(8-12-31)24-21-6-5-19(27)14-23(21)36-29-24/h6,14,18-19,22,33H,3-5,7-13,15H2,1-2H3/q+1. The summed E-state index contributed by atoms with van der Waals surface area (Å²) in [6.45, 7) is 6.20. The lowest BCUT2D eigenvalue weighted by atomic mass is 9.90. The largest absolute Gasteiger partial charge is 0.415 e. The maximum absolute atomic E-state index is 13.7. The van der Waals surface area contributed by atoms with Gasteiger partial charge in [-0.1, -0.05) is 11.2 Å². The van der Waals surface area contributed by atoms with Gasteiger partial charge in [0, 0.05) is 61.5 Å². The van der Waals surface area contributed by atoms with E-state index in [0.29, 0.717) is 59.3 Å². The number of esters is 1. The Morgan fingerprint density at radius 2 is 2.11 bits per heavy atom. The Hall–Kier alpha value is -2.85. The molecule has 1 aliphatic carbocycles. The van der Waals surface area contributed by atoms with Crippen LogP contribution in [0.15, 0.2) is 9.32 Å². The van der Waals surface area contributed by atoms with Gasteiger partial charge in [-0.05, 0) is 25.8 Å². The molecule has 0 radical (unpaired) electrons. The van der Waals surface area contributed by atoms with Crippen LogP contribution in [-0.4, -0.2) is 62.8 Å². The number of aliphatic hydroxyl groups excluding tert-OH is 1. The fourth-order valence-corrected chi connectivity index (χ4v) is 5.84. The fraction of sp³-hybridized carbons (Fsp3) is 0.615. The van der Waals surface area contributed by atoms with Gasteiger partial charge in [-0.15, -0.1) is 0 Å². The van der Waals surface area contributed by atoms with Gasteiger partial charge < -0.3 is 14.4 Å². The number of rotatable bonds is 6. The van der Waals surface area contributed by atoms with Crippen LogP contribution in [0.25, 0.3) is 12.2 Å². The summed E-state index contributed by atoms with van der Waals surface area (Å²) in [6.07, 6.45) is 5.48. The number of quaternary nitrogens is 1. The summed E-state index contributed by atoms with van der Waals surface area (Å²) < 4.78 is 26.8. The number of carbonyl (C=O) groups is 1. The molecule has 0 amide bonds. The Bertz CT molecular complexity index is 1330. The van der Waals surface area contributed by atoms with Gasteiger partial charge in [0.25, 0.3) is 5.56 Å². The van der Waals surface area contributed by atoms with Crippen LogP contribution in [0.2, 0.25) is 0 Å². The molecule has 36 heavy (non-hydrogen) atoms. The first-order valence-corrected chi connectivity index (χ1v) is 12.8. The smallest absolute Gasteiger partial charge is 0.306 e. The second kappa shape index (κ2) is 9.89. The van der Waals surface area contributed by atoms with Gasteiger partial charge >= 0.3 is 5.97 Å². The first-order valence-electron chi connectivity index (χ1n) is 12.8. The highest BCUT2D eigenvalue weighted by Gasteiger charge is 2.37. The van der Waals surface area contributed by atoms with Gasteiger partial charge in [-0.25, -0.2) is 9.37 Å². The van der Waals surface area contributed by atoms with Gasteiger partial charge in [0.2, 0.25) is 6.73 Å². The average molecular weight is 502 g/mol. The van der Waals surface area contributed by atoms with E-state index in [1.54, 1.807) is 4.57 Å². The van der Waals surface area contributed by atoms with Gasteiger partial charge in [0.15, 0.2) is 5.42 Å². The van der Waals surface area contributed by atoms with Gasteiger partial charge in [-0.3, -0.25) is 18.6 Å². The second-order valence-electron chi connectivity index (χ2n) is 10.4. The Morgan fingerprint density at radius 1 is 1.33 bits per heavy atom. The first-order chi connectivity index (χ1) is 17.3. The highest BCUT2D eigenvalue weighted by molar-refractivity contribution is 5.65. The van der Waals surface area contributed by atoms with E-state index in [1.165, 1.54) is 13.0 Å². The van der Waals surface area contributed by atoms with E-state index < -0.39 is 12.3 Å². The number of carbonyl (C=O) groups excluding carboxylic acids is 1. The molecule has 1 N–H and O–H groups in total. The number of fused-ring (bicyclic) bond motifs is 2. The molecular formula is C26H34FN4O5+. The summed E-state index contributed by atoms with van der Waals surface area (Å²) in [4.78, 5) is 29.5. The number of ether oxygens (including phenoxy) is 1. The van der Waals surface area contributed by atoms with Crippen molar-refractivity contribution in [2.24, 2.45) is 0 Å². The number of alkyl halides is 1. The van der Waals surface area contributed by atoms with Crippen molar-refractivity contribution in [2.45, 2.75) is 77.1 Å². The van der Waals surface area contributed by atoms with Crippen molar-refractivity contribution in [1.29, 1.82) is 0 Å². The van der Waals surface area contributed by atoms with E-state index in [4.69, 9.17) is 9.26 Å². The van der Waals surface area contributed by atoms with Crippen LogP contribution in [0.1, 0.15) is 73.8 Å². The van der Waals surface area contributed by atoms with E-state index in [-0.39, 0.29) is 24.2 Å². The summed E-state index contributed by atoms with van der Waals surface area (Å²) in [5.41, 5.74) is 2.62. The van der Waals surface area contributed by atoms with E-state index >= 15 is 0 Å². The maximum Gasteiger partial charge on any atom is 0.306 e. The van der Waals surface area contributed by atoms with Crippen molar-refractivity contribution in [2.75, 3.05) is 26.4 Å². The molecular weight excluding hydrogens is 467 g/mol. The molecule has 5 rings (SSSR count). The van der Waals surface area contributed by atoms with E-state index in [1.807, 2.05) is 13.0 Å². The zero-order valence-corrected chi connectivity index (χ0v) is 20.9. The molecule has 2 aromatic heterocycles. The maximum atomic E-state index is 13.7. The predicted molar refractivity (Wildman–Crippen MR) is 129 cm³/mol. The van der Waals surface area contributed by atoms with Crippen LogP contribution < -0.4 is 16.2 Å². The molecule has 2 aromatic rings. The molecule has 1 fully saturated rings. The highest BCUT2D eigenvalue weighted by atomic mass is 19.1. The summed E-state index contributed by atoms with van der Waals surface area (Å²) in [6, 6.07) is 0. The van der Waals surface area contributed by atoms with Crippen molar-refractivity contribution >= 4 is 18.1 Å². The molecule has 4 heterocycles. The molecule has 194 valence electrons. The quantitative estimate of drug-likeness (QED) is 0.467. The lowest BCUT2D eigenvalue weighted by Crippen LogP contribution is -2.56. The Kier molecular flexibility index (Phi) is 6.82. The number of piperidine rings is 1. The summed E-state index contributed by atoms with van der Waals surface area (Å²) in [5.74, 6) is 0.314. The third-order valence-corrected chi connectivity index (χ3v) is 7.99. The summed E-state index contributed by atoms with van der Waals surface area (Å²) >= 11 is 0. The molecule has 2 atom stereocenters. The normalized spacial score (nSPS) is 27.4. The zero-order valence-electron chi connectivity index (χ0n) is 20.9. The lowest BCUT2D eigenvalue weighted by molar-refractivity contribution is -0.948. The average Bonchev–Trinajstić information content (AvgIpc) is 3.27. The van der Waals surface area contributed by atoms with Crippen molar-refractivity contribution in [1.82, 2.24) is 14.7 Å². The first kappa shape index (κ1) is 24.8. The Morgan fingerprint density at radius 3 is 2.86 bits per heavy atom. The Labute approximate surface area is 208 Å². The van der Waals surface area contributed by atoms with Crippen molar-refractivity contribution in [3.63, 3.8) is 0 Å². The SMILES string of the molecule is CC(=O)OC[N+]1(CCc2c(C)nc3n(c2=O)CCCC3O)CCC(c2noc3c2=CCC(F)C=3)CC1. The van der Waals surface area contributed by atoms with E-state index in [0.717, 1.165) is 43.3 Å². The van der Waals surface area contributed by atoms with Crippen molar-refractivity contribution in [3.05, 3.63) is 43.8 Å². The number of likely N-dealkylation sites (tertiary alicyclic amines) is 1. The number of aryl methyl sites for hydroxylation is 1. The van der Waals surface area contributed by atoms with Crippen molar-refractivity contribution in [3.8, 4) is 0 Å². The minimum absolute atomic E-state index is 0.0797. The van der Waals surface area contributed by atoms with Crippen LogP contribution >= 0.6 is 0 Å². The van der Waals surface area contributed by atoms with Gasteiger partial charge in [-0.2, -0.15) is 0 Å². The van der Waals surface area contributed by atoms with E-state index in [2.05, 4.69) is 10.1 Å². The van der Waals surface area contributed by atoms with Crippen LogP contribution in [0, 0.1) is 6.92 Å². The third-order valence-electron chi connectivity index (χ3n) is 7.99. The van der Waals surface area contributed by atoms with Crippen LogP contribution in [-0.2, 0) is 22.5 Å². The van der Waals surface area contributed by atoms with Crippen LogP contribution in [0.4, 0.5) is 4.39 Å². The summed E-state index contributed by atoms with van der Waals surface area (Å²) in [5, 5.41) is 15.5. The molecule has 0 aromatic carbocycles. The van der Waals surface area contributed by atoms with Crippen LogP contribution in [0.3, 0.4) is 0 Å². The summed E-state index contributed by atoms with van der Waals surface area (Å²) in [7, 11) is 0. The van der Waals surface area contributed by atoms with Crippen molar-refractivity contribution < 1.29 is 28.0 Å². The molecule has 2 aliphatic heterocycles. The molecule has 10 heteroatoms. The fourth-order valence-electron chi connectivity index (χ4n) is 5.84. The number of hydrogen-bond acceptors (Lipinski definition) is 7. The molecule has 0 saturated carbocycles. The minimum Gasteiger partial charge on any atom is -0.415 e. The second-order valence-corrected chi connectivity index (χ2v) is 10.4. The Balaban J connectivity index is 1.35. The molecule has 0 bridgehead atoms. The molecule has 2 unspecified atom stereocenters. The number of hydrogen-bond donors (Lipinski definition) is 1. The molecule has 9 nitrogen and oxygen atoms in total. The minimum atomic E-state index is -1.04. The van der Waals surface area contributed by atoms with Gasteiger partial charge in [0.05, 0.1) is 25.3 Å². The predicted octanol–water partition coefficient (Wildman–Crippen LogP) is 1.13. The van der Waals surface area contributed by atoms with Gasteiger partial charge in [0.1, 0.15) is 18.1 Å². The topological polar surface area (TPSA) is 107 Å².